The Bertz CT molecular complexity index is 891. The lowest BCUT2D eigenvalue weighted by atomic mass is 9.75. The van der Waals surface area contributed by atoms with Crippen LogP contribution in [0.3, 0.4) is 0 Å². The third kappa shape index (κ3) is 3.51. The van der Waals surface area contributed by atoms with E-state index in [2.05, 4.69) is 21.8 Å². The third-order valence-corrected chi connectivity index (χ3v) is 5.46. The Kier molecular flexibility index (Phi) is 4.55. The van der Waals surface area contributed by atoms with Gasteiger partial charge in [-0.15, -0.1) is 0 Å². The van der Waals surface area contributed by atoms with E-state index in [1.165, 1.54) is 6.08 Å². The summed E-state index contributed by atoms with van der Waals surface area (Å²) >= 11 is 0. The van der Waals surface area contributed by atoms with E-state index in [-0.39, 0.29) is 5.92 Å². The second-order valence-electron chi connectivity index (χ2n) is 7.49. The number of fused-ring (bicyclic) bond motifs is 1. The molecular weight excluding hydrogens is 344 g/mol. The summed E-state index contributed by atoms with van der Waals surface area (Å²) in [6.45, 7) is 5.11. The molecule has 4 rings (SSSR count). The van der Waals surface area contributed by atoms with E-state index in [4.69, 9.17) is 10.7 Å². The number of nitrogens with zero attached hydrogens (tertiary/aromatic N) is 4. The van der Waals surface area contributed by atoms with Crippen LogP contribution in [0, 0.1) is 11.8 Å². The average Bonchev–Trinajstić information content (AvgIpc) is 3.05. The van der Waals surface area contributed by atoms with Crippen LogP contribution in [-0.2, 0) is 9.59 Å². The van der Waals surface area contributed by atoms with Gasteiger partial charge in [-0.3, -0.25) is 9.59 Å². The number of carbonyl (C=O) groups excluding carboxylic acids is 2. The molecule has 0 spiro atoms. The van der Waals surface area contributed by atoms with Gasteiger partial charge in [0.15, 0.2) is 5.65 Å². The molecule has 3 N–H and O–H groups in total. The van der Waals surface area contributed by atoms with Crippen LogP contribution in [0.15, 0.2) is 18.5 Å². The summed E-state index contributed by atoms with van der Waals surface area (Å²) in [5.41, 5.74) is 7.30. The van der Waals surface area contributed by atoms with Crippen molar-refractivity contribution in [1.82, 2.24) is 19.9 Å². The zero-order valence-electron chi connectivity index (χ0n) is 15.4. The topological polar surface area (TPSA) is 108 Å². The third-order valence-electron chi connectivity index (χ3n) is 5.46. The average molecular weight is 368 g/mol. The highest BCUT2D eigenvalue weighted by Gasteiger charge is 2.35. The lowest BCUT2D eigenvalue weighted by Crippen LogP contribution is -2.52. The van der Waals surface area contributed by atoms with E-state index < -0.39 is 5.91 Å². The van der Waals surface area contributed by atoms with E-state index in [1.54, 1.807) is 18.5 Å². The normalized spacial score (nSPS) is 23.0. The van der Waals surface area contributed by atoms with Gasteiger partial charge in [0.05, 0.1) is 6.20 Å². The fourth-order valence-corrected chi connectivity index (χ4v) is 3.87. The first-order chi connectivity index (χ1) is 13.0. The quantitative estimate of drug-likeness (QED) is 0.787. The molecule has 0 unspecified atom stereocenters. The minimum absolute atomic E-state index is 0.224. The van der Waals surface area contributed by atoms with Crippen LogP contribution in [0.1, 0.15) is 25.3 Å². The number of piperazine rings is 1. The lowest BCUT2D eigenvalue weighted by molar-refractivity contribution is -0.140. The molecular formula is C19H24N6O2. The Balaban J connectivity index is 1.45. The summed E-state index contributed by atoms with van der Waals surface area (Å²) in [6.07, 6.45) is 8.49. The molecule has 8 nitrogen and oxygen atoms in total. The standard InChI is InChI=1S/C19H24N6O2/c1-12-8-14(9-12)19(27)25-6-4-24(5-7-25)16-11-22-18-17(23-16)13(10-21-18)2-3-15(20)26/h2-3,10-12,14H,4-9H2,1H3,(H2,20,26)(H,21,22)/b3-2+/t12-,14+. The highest BCUT2D eigenvalue weighted by atomic mass is 16.2. The highest BCUT2D eigenvalue weighted by Crippen LogP contribution is 2.34. The second-order valence-corrected chi connectivity index (χ2v) is 7.49. The minimum Gasteiger partial charge on any atom is -0.366 e. The molecule has 27 heavy (non-hydrogen) atoms. The first-order valence-corrected chi connectivity index (χ1v) is 9.36. The van der Waals surface area contributed by atoms with Crippen molar-refractivity contribution >= 4 is 34.9 Å². The molecule has 0 atom stereocenters. The van der Waals surface area contributed by atoms with Crippen LogP contribution in [0.4, 0.5) is 5.82 Å². The largest absolute Gasteiger partial charge is 0.366 e. The van der Waals surface area contributed by atoms with Gasteiger partial charge in [-0.05, 0) is 24.8 Å². The van der Waals surface area contributed by atoms with E-state index in [9.17, 15) is 9.59 Å². The molecule has 142 valence electrons. The maximum atomic E-state index is 12.5. The predicted molar refractivity (Wildman–Crippen MR) is 103 cm³/mol. The molecule has 2 aromatic rings. The number of aromatic nitrogens is 3. The smallest absolute Gasteiger partial charge is 0.241 e. The molecule has 1 saturated carbocycles. The maximum absolute atomic E-state index is 12.5. The fourth-order valence-electron chi connectivity index (χ4n) is 3.87. The van der Waals surface area contributed by atoms with E-state index in [0.717, 1.165) is 37.3 Å². The zero-order chi connectivity index (χ0) is 19.0. The van der Waals surface area contributed by atoms with Crippen molar-refractivity contribution in [3.63, 3.8) is 0 Å². The number of H-pyrrole nitrogens is 1. The second kappa shape index (κ2) is 7.02. The molecule has 0 bridgehead atoms. The number of carbonyl (C=O) groups is 2. The number of hydrogen-bond donors (Lipinski definition) is 2. The Labute approximate surface area is 157 Å². The Morgan fingerprint density at radius 1 is 1.26 bits per heavy atom. The number of anilines is 1. The summed E-state index contributed by atoms with van der Waals surface area (Å²) in [5, 5.41) is 0. The molecule has 2 aromatic heterocycles. The highest BCUT2D eigenvalue weighted by molar-refractivity contribution is 5.93. The molecule has 0 radical (unpaired) electrons. The number of nitrogens with one attached hydrogen (secondary N) is 1. The monoisotopic (exact) mass is 368 g/mol. The number of primary amides is 1. The molecule has 2 aliphatic rings. The van der Waals surface area contributed by atoms with Gasteiger partial charge >= 0.3 is 0 Å². The lowest BCUT2D eigenvalue weighted by Gasteiger charge is -2.40. The first-order valence-electron chi connectivity index (χ1n) is 9.36. The molecule has 1 aliphatic carbocycles. The van der Waals surface area contributed by atoms with Crippen LogP contribution in [0.25, 0.3) is 17.2 Å². The zero-order valence-corrected chi connectivity index (χ0v) is 15.4. The summed E-state index contributed by atoms with van der Waals surface area (Å²) in [5.74, 6) is 1.48. The summed E-state index contributed by atoms with van der Waals surface area (Å²) in [6, 6.07) is 0. The van der Waals surface area contributed by atoms with Crippen LogP contribution < -0.4 is 10.6 Å². The van der Waals surface area contributed by atoms with Gasteiger partial charge in [0.25, 0.3) is 0 Å². The van der Waals surface area contributed by atoms with Crippen LogP contribution in [0.5, 0.6) is 0 Å². The van der Waals surface area contributed by atoms with Gasteiger partial charge in [0.1, 0.15) is 11.3 Å². The Morgan fingerprint density at radius 3 is 2.67 bits per heavy atom. The number of aromatic amines is 1. The SMILES string of the molecule is C[C@H]1C[C@@H](C(=O)N2CCN(c3cnc4[nH]cc(/C=C/C(N)=O)c4n3)CC2)C1. The van der Waals surface area contributed by atoms with Crippen molar-refractivity contribution in [3.05, 3.63) is 24.0 Å². The van der Waals surface area contributed by atoms with Crippen molar-refractivity contribution in [1.29, 1.82) is 0 Å². The van der Waals surface area contributed by atoms with E-state index in [1.807, 2.05) is 4.90 Å². The maximum Gasteiger partial charge on any atom is 0.241 e. The molecule has 0 aromatic carbocycles. The molecule has 1 aliphatic heterocycles. The Hall–Kier alpha value is -2.90. The number of hydrogen-bond acceptors (Lipinski definition) is 5. The summed E-state index contributed by atoms with van der Waals surface area (Å²) < 4.78 is 0. The van der Waals surface area contributed by atoms with Gasteiger partial charge in [-0.2, -0.15) is 0 Å². The molecule has 2 fully saturated rings. The van der Waals surface area contributed by atoms with Crippen LogP contribution in [-0.4, -0.2) is 57.8 Å². The van der Waals surface area contributed by atoms with Crippen molar-refractivity contribution < 1.29 is 9.59 Å². The minimum atomic E-state index is -0.505. The van der Waals surface area contributed by atoms with Crippen molar-refractivity contribution in [2.75, 3.05) is 31.1 Å². The number of nitrogens with two attached hydrogens (primary N) is 1. The predicted octanol–water partition coefficient (Wildman–Crippen LogP) is 1.15. The van der Waals surface area contributed by atoms with Gasteiger partial charge in [0.2, 0.25) is 11.8 Å². The number of amides is 2. The van der Waals surface area contributed by atoms with Crippen LogP contribution >= 0.6 is 0 Å². The molecule has 8 heteroatoms. The first kappa shape index (κ1) is 17.5. The van der Waals surface area contributed by atoms with Gasteiger partial charge < -0.3 is 20.5 Å². The molecule has 1 saturated heterocycles. The van der Waals surface area contributed by atoms with Gasteiger partial charge in [-0.25, -0.2) is 9.97 Å². The van der Waals surface area contributed by atoms with Crippen molar-refractivity contribution in [2.24, 2.45) is 17.6 Å². The number of rotatable bonds is 4. The van der Waals surface area contributed by atoms with Crippen molar-refractivity contribution in [2.45, 2.75) is 19.8 Å². The van der Waals surface area contributed by atoms with Crippen molar-refractivity contribution in [3.8, 4) is 0 Å². The Morgan fingerprint density at radius 2 is 2.00 bits per heavy atom. The van der Waals surface area contributed by atoms with E-state index in [0.29, 0.717) is 36.1 Å². The summed E-state index contributed by atoms with van der Waals surface area (Å²) in [4.78, 5) is 39.8. The molecule has 3 heterocycles. The molecule has 2 amide bonds. The van der Waals surface area contributed by atoms with Gasteiger partial charge in [-0.1, -0.05) is 6.92 Å². The fraction of sp³-hybridized carbons (Fsp3) is 0.474. The van der Waals surface area contributed by atoms with Crippen LogP contribution in [0.2, 0.25) is 0 Å². The van der Waals surface area contributed by atoms with Gasteiger partial charge in [0, 0.05) is 49.9 Å². The van der Waals surface area contributed by atoms with E-state index >= 15 is 0 Å². The summed E-state index contributed by atoms with van der Waals surface area (Å²) in [7, 11) is 0.